The van der Waals surface area contributed by atoms with E-state index in [0.717, 1.165) is 24.5 Å². The summed E-state index contributed by atoms with van der Waals surface area (Å²) in [7, 11) is 0. The molecule has 1 unspecified atom stereocenters. The van der Waals surface area contributed by atoms with E-state index in [2.05, 4.69) is 39.6 Å². The molecule has 0 bridgehead atoms. The van der Waals surface area contributed by atoms with Gasteiger partial charge in [-0.15, -0.1) is 0 Å². The Kier molecular flexibility index (Phi) is 3.56. The monoisotopic (exact) mass is 253 g/mol. The van der Waals surface area contributed by atoms with E-state index in [4.69, 9.17) is 0 Å². The zero-order valence-corrected chi connectivity index (χ0v) is 11.3. The fourth-order valence-corrected chi connectivity index (χ4v) is 2.72. The van der Waals surface area contributed by atoms with E-state index in [1.165, 1.54) is 24.0 Å². The normalized spacial score (nSPS) is 18.1. The highest BCUT2D eigenvalue weighted by Crippen LogP contribution is 2.21. The fourth-order valence-electron chi connectivity index (χ4n) is 2.72. The molecule has 0 saturated heterocycles. The number of hydrogen-bond donors (Lipinski definition) is 1. The summed E-state index contributed by atoms with van der Waals surface area (Å²) in [5, 5.41) is 3.62. The number of benzene rings is 1. The fraction of sp³-hybridized carbons (Fsp3) is 0.375. The molecule has 19 heavy (non-hydrogen) atoms. The van der Waals surface area contributed by atoms with Gasteiger partial charge in [-0.05, 0) is 43.4 Å². The first kappa shape index (κ1) is 12.3. The van der Waals surface area contributed by atoms with Gasteiger partial charge in [0.05, 0.1) is 5.69 Å². The van der Waals surface area contributed by atoms with Gasteiger partial charge in [-0.1, -0.05) is 24.3 Å². The highest BCUT2D eigenvalue weighted by molar-refractivity contribution is 5.30. The van der Waals surface area contributed by atoms with Crippen LogP contribution >= 0.6 is 0 Å². The summed E-state index contributed by atoms with van der Waals surface area (Å²) >= 11 is 0. The van der Waals surface area contributed by atoms with Gasteiger partial charge >= 0.3 is 0 Å². The van der Waals surface area contributed by atoms with Gasteiger partial charge in [0, 0.05) is 18.8 Å². The predicted octanol–water partition coefficient (Wildman–Crippen LogP) is 2.43. The minimum atomic E-state index is 0.560. The first-order chi connectivity index (χ1) is 9.31. The lowest BCUT2D eigenvalue weighted by Gasteiger charge is -2.25. The van der Waals surface area contributed by atoms with Crippen molar-refractivity contribution < 1.29 is 0 Å². The van der Waals surface area contributed by atoms with Gasteiger partial charge in [-0.25, -0.2) is 9.97 Å². The number of hydrogen-bond acceptors (Lipinski definition) is 3. The molecule has 1 aliphatic carbocycles. The molecule has 3 nitrogen and oxygen atoms in total. The second-order valence-corrected chi connectivity index (χ2v) is 5.18. The number of nitrogens with zero attached hydrogens (tertiary/aromatic N) is 2. The lowest BCUT2D eigenvalue weighted by atomic mass is 9.88. The van der Waals surface area contributed by atoms with Crippen molar-refractivity contribution in [2.45, 2.75) is 38.8 Å². The van der Waals surface area contributed by atoms with E-state index in [1.807, 2.05) is 19.2 Å². The maximum Gasteiger partial charge on any atom is 0.125 e. The summed E-state index contributed by atoms with van der Waals surface area (Å²) in [6.45, 7) is 2.76. The average Bonchev–Trinajstić information content (AvgIpc) is 2.45. The van der Waals surface area contributed by atoms with Crippen molar-refractivity contribution in [3.8, 4) is 0 Å². The molecule has 3 heteroatoms. The summed E-state index contributed by atoms with van der Waals surface area (Å²) in [6, 6.07) is 11.3. The molecule has 0 spiro atoms. The van der Waals surface area contributed by atoms with Crippen LogP contribution in [0.4, 0.5) is 0 Å². The van der Waals surface area contributed by atoms with Crippen molar-refractivity contribution in [3.05, 3.63) is 59.2 Å². The van der Waals surface area contributed by atoms with Crippen molar-refractivity contribution in [1.29, 1.82) is 0 Å². The van der Waals surface area contributed by atoms with E-state index in [0.29, 0.717) is 6.04 Å². The molecular formula is C16H19N3. The first-order valence-electron chi connectivity index (χ1n) is 6.90. The van der Waals surface area contributed by atoms with Gasteiger partial charge in [0.15, 0.2) is 0 Å². The van der Waals surface area contributed by atoms with Gasteiger partial charge in [0.2, 0.25) is 0 Å². The topological polar surface area (TPSA) is 37.8 Å². The molecule has 2 aromatic rings. The Morgan fingerprint density at radius 2 is 2.05 bits per heavy atom. The van der Waals surface area contributed by atoms with Gasteiger partial charge < -0.3 is 5.32 Å². The molecule has 0 amide bonds. The molecule has 1 aromatic heterocycles. The van der Waals surface area contributed by atoms with Crippen LogP contribution in [0, 0.1) is 6.92 Å². The van der Waals surface area contributed by atoms with Crippen LogP contribution < -0.4 is 5.32 Å². The summed E-state index contributed by atoms with van der Waals surface area (Å²) in [5.41, 5.74) is 4.08. The molecule has 0 fully saturated rings. The quantitative estimate of drug-likeness (QED) is 0.913. The molecule has 1 aliphatic rings. The van der Waals surface area contributed by atoms with Crippen LogP contribution in [0.15, 0.2) is 36.5 Å². The first-order valence-corrected chi connectivity index (χ1v) is 6.90. The van der Waals surface area contributed by atoms with Crippen LogP contribution in [0.3, 0.4) is 0 Å². The van der Waals surface area contributed by atoms with Crippen LogP contribution in [-0.4, -0.2) is 16.0 Å². The van der Waals surface area contributed by atoms with Crippen LogP contribution in [0.25, 0.3) is 0 Å². The third-order valence-electron chi connectivity index (χ3n) is 3.75. The Morgan fingerprint density at radius 1 is 1.21 bits per heavy atom. The zero-order chi connectivity index (χ0) is 13.1. The molecule has 98 valence electrons. The Hall–Kier alpha value is -1.74. The SMILES string of the molecule is Cc1nccc(CNC2CCc3ccccc3C2)n1. The maximum atomic E-state index is 4.43. The molecule has 3 rings (SSSR count). The highest BCUT2D eigenvalue weighted by Gasteiger charge is 2.17. The van der Waals surface area contributed by atoms with Crippen LogP contribution in [0.2, 0.25) is 0 Å². The summed E-state index contributed by atoms with van der Waals surface area (Å²) in [6.07, 6.45) is 5.34. The lowest BCUT2D eigenvalue weighted by molar-refractivity contribution is 0.454. The average molecular weight is 253 g/mol. The summed E-state index contributed by atoms with van der Waals surface area (Å²) < 4.78 is 0. The lowest BCUT2D eigenvalue weighted by Crippen LogP contribution is -2.34. The molecule has 1 heterocycles. The molecule has 0 aliphatic heterocycles. The number of fused-ring (bicyclic) bond motifs is 1. The van der Waals surface area contributed by atoms with E-state index in [-0.39, 0.29) is 0 Å². The Bertz CT molecular complexity index is 565. The van der Waals surface area contributed by atoms with Crippen molar-refractivity contribution >= 4 is 0 Å². The minimum absolute atomic E-state index is 0.560. The number of aryl methyl sites for hydroxylation is 2. The third-order valence-corrected chi connectivity index (χ3v) is 3.75. The van der Waals surface area contributed by atoms with E-state index < -0.39 is 0 Å². The van der Waals surface area contributed by atoms with E-state index >= 15 is 0 Å². The van der Waals surface area contributed by atoms with Crippen molar-refractivity contribution in [2.24, 2.45) is 0 Å². The number of aromatic nitrogens is 2. The summed E-state index contributed by atoms with van der Waals surface area (Å²) in [5.74, 6) is 0.841. The second-order valence-electron chi connectivity index (χ2n) is 5.18. The van der Waals surface area contributed by atoms with E-state index in [9.17, 15) is 0 Å². The predicted molar refractivity (Wildman–Crippen MR) is 75.9 cm³/mol. The van der Waals surface area contributed by atoms with E-state index in [1.54, 1.807) is 0 Å². The minimum Gasteiger partial charge on any atom is -0.308 e. The molecule has 1 aromatic carbocycles. The van der Waals surface area contributed by atoms with Crippen LogP contribution in [-0.2, 0) is 19.4 Å². The Morgan fingerprint density at radius 3 is 2.89 bits per heavy atom. The second kappa shape index (κ2) is 5.49. The molecule has 1 N–H and O–H groups in total. The zero-order valence-electron chi connectivity index (χ0n) is 11.3. The van der Waals surface area contributed by atoms with Gasteiger partial charge in [0.1, 0.15) is 5.82 Å². The van der Waals surface area contributed by atoms with Gasteiger partial charge in [-0.2, -0.15) is 0 Å². The number of rotatable bonds is 3. The van der Waals surface area contributed by atoms with Crippen LogP contribution in [0.5, 0.6) is 0 Å². The molecular weight excluding hydrogens is 234 g/mol. The van der Waals surface area contributed by atoms with Gasteiger partial charge in [0.25, 0.3) is 0 Å². The molecule has 1 atom stereocenters. The highest BCUT2D eigenvalue weighted by atomic mass is 14.9. The standard InChI is InChI=1S/C16H19N3/c1-12-17-9-8-16(19-12)11-18-15-7-6-13-4-2-3-5-14(13)10-15/h2-5,8-9,15,18H,6-7,10-11H2,1H3. The van der Waals surface area contributed by atoms with Crippen molar-refractivity contribution in [3.63, 3.8) is 0 Å². The van der Waals surface area contributed by atoms with Gasteiger partial charge in [-0.3, -0.25) is 0 Å². The molecule has 0 saturated carbocycles. The van der Waals surface area contributed by atoms with Crippen LogP contribution in [0.1, 0.15) is 29.1 Å². The largest absolute Gasteiger partial charge is 0.308 e. The number of nitrogens with one attached hydrogen (secondary N) is 1. The summed E-state index contributed by atoms with van der Waals surface area (Å²) in [4.78, 5) is 8.55. The third kappa shape index (κ3) is 2.99. The maximum absolute atomic E-state index is 4.43. The Balaban J connectivity index is 1.61. The molecule has 0 radical (unpaired) electrons. The Labute approximate surface area is 114 Å². The smallest absolute Gasteiger partial charge is 0.125 e. The van der Waals surface area contributed by atoms with Crippen molar-refractivity contribution in [2.75, 3.05) is 0 Å². The van der Waals surface area contributed by atoms with Crippen molar-refractivity contribution in [1.82, 2.24) is 15.3 Å².